The molecule has 0 aromatic heterocycles. The van der Waals surface area contributed by atoms with E-state index in [1.54, 1.807) is 55.5 Å². The average molecular weight is 478 g/mol. The molecule has 0 fully saturated rings. The molecule has 0 spiro atoms. The molecule has 9 heteroatoms. The molecule has 0 radical (unpaired) electrons. The maximum Gasteiger partial charge on any atom is 0.437 e. The zero-order chi connectivity index (χ0) is 25.4. The van der Waals surface area contributed by atoms with Gasteiger partial charge in [0, 0.05) is 16.9 Å². The van der Waals surface area contributed by atoms with Crippen molar-refractivity contribution < 1.29 is 28.6 Å². The van der Waals surface area contributed by atoms with Crippen molar-refractivity contribution in [2.45, 2.75) is 13.8 Å². The van der Waals surface area contributed by atoms with Crippen molar-refractivity contribution in [1.82, 2.24) is 0 Å². The van der Waals surface area contributed by atoms with Crippen LogP contribution in [0.5, 0.6) is 17.2 Å². The molecule has 0 aliphatic rings. The summed E-state index contributed by atoms with van der Waals surface area (Å²) in [7, 11) is 4.46. The summed E-state index contributed by atoms with van der Waals surface area (Å²) in [5, 5.41) is 9.30. The van der Waals surface area contributed by atoms with E-state index in [1.807, 2.05) is 19.1 Å². The van der Waals surface area contributed by atoms with Gasteiger partial charge >= 0.3 is 6.09 Å². The second-order valence-electron chi connectivity index (χ2n) is 7.49. The van der Waals surface area contributed by atoms with E-state index in [-0.39, 0.29) is 5.91 Å². The lowest BCUT2D eigenvalue weighted by Crippen LogP contribution is -2.13. The van der Waals surface area contributed by atoms with Crippen molar-refractivity contribution >= 4 is 29.1 Å². The molecule has 0 aliphatic heterocycles. The minimum Gasteiger partial charge on any atom is -0.493 e. The van der Waals surface area contributed by atoms with Crippen LogP contribution in [-0.2, 0) is 4.84 Å². The van der Waals surface area contributed by atoms with E-state index in [0.717, 1.165) is 11.1 Å². The van der Waals surface area contributed by atoms with Crippen LogP contribution in [0.3, 0.4) is 0 Å². The first-order valence-corrected chi connectivity index (χ1v) is 10.7. The van der Waals surface area contributed by atoms with Crippen molar-refractivity contribution in [2.24, 2.45) is 5.16 Å². The molecule has 0 unspecified atom stereocenters. The van der Waals surface area contributed by atoms with Crippen LogP contribution in [0.15, 0.2) is 65.8 Å². The van der Waals surface area contributed by atoms with Crippen molar-refractivity contribution in [3.8, 4) is 17.2 Å². The Hall–Kier alpha value is -4.53. The number of nitrogens with zero attached hydrogens (tertiary/aromatic N) is 1. The average Bonchev–Trinajstić information content (AvgIpc) is 2.88. The van der Waals surface area contributed by atoms with Crippen LogP contribution in [-0.4, -0.2) is 39.0 Å². The van der Waals surface area contributed by atoms with Crippen LogP contribution in [0.25, 0.3) is 0 Å². The molecule has 3 rings (SSSR count). The first-order valence-electron chi connectivity index (χ1n) is 10.7. The summed E-state index contributed by atoms with van der Waals surface area (Å²) >= 11 is 0. The minimum absolute atomic E-state index is 0.342. The highest BCUT2D eigenvalue weighted by molar-refractivity contribution is 6.05. The van der Waals surface area contributed by atoms with Gasteiger partial charge in [-0.05, 0) is 55.8 Å². The zero-order valence-electron chi connectivity index (χ0n) is 20.2. The lowest BCUT2D eigenvalue weighted by atomic mass is 10.1. The summed E-state index contributed by atoms with van der Waals surface area (Å²) in [6.07, 6.45) is -0.692. The van der Waals surface area contributed by atoms with E-state index in [0.29, 0.717) is 39.9 Å². The normalized spacial score (nSPS) is 10.8. The number of methoxy groups -OCH3 is 3. The molecule has 3 aromatic carbocycles. The Morgan fingerprint density at radius 1 is 0.743 bits per heavy atom. The zero-order valence-corrected chi connectivity index (χ0v) is 20.2. The fraction of sp³-hybridized carbons (Fsp3) is 0.192. The van der Waals surface area contributed by atoms with Gasteiger partial charge in [-0.25, -0.2) is 4.79 Å². The number of amides is 2. The number of anilines is 2. The third-order valence-electron chi connectivity index (χ3n) is 5.05. The highest BCUT2D eigenvalue weighted by Crippen LogP contribution is 2.38. The number of ether oxygens (including phenoxy) is 3. The number of rotatable bonds is 8. The van der Waals surface area contributed by atoms with Gasteiger partial charge in [0.05, 0.1) is 27.0 Å². The SMILES string of the molecule is COc1cc(C(=O)Nc2ccc(/C(C)=N/OC(=O)Nc3ccc(C)cc3)cc2)cc(OC)c1OC. The summed E-state index contributed by atoms with van der Waals surface area (Å²) in [4.78, 5) is 29.7. The summed E-state index contributed by atoms with van der Waals surface area (Å²) in [6.45, 7) is 3.67. The van der Waals surface area contributed by atoms with E-state index >= 15 is 0 Å². The number of aryl methyl sites for hydroxylation is 1. The van der Waals surface area contributed by atoms with Gasteiger partial charge in [0.1, 0.15) is 0 Å². The quantitative estimate of drug-likeness (QED) is 0.261. The molecule has 9 nitrogen and oxygen atoms in total. The van der Waals surface area contributed by atoms with Crippen LogP contribution in [0.1, 0.15) is 28.4 Å². The Morgan fingerprint density at radius 2 is 1.29 bits per heavy atom. The highest BCUT2D eigenvalue weighted by Gasteiger charge is 2.17. The molecule has 0 heterocycles. The maximum absolute atomic E-state index is 12.8. The van der Waals surface area contributed by atoms with Crippen molar-refractivity contribution in [3.63, 3.8) is 0 Å². The van der Waals surface area contributed by atoms with E-state index in [2.05, 4.69) is 15.8 Å². The third-order valence-corrected chi connectivity index (χ3v) is 5.05. The molecule has 182 valence electrons. The molecule has 0 bridgehead atoms. The maximum atomic E-state index is 12.8. The Bertz CT molecular complexity index is 1200. The van der Waals surface area contributed by atoms with Gasteiger partial charge in [0.15, 0.2) is 11.5 Å². The molecule has 35 heavy (non-hydrogen) atoms. The van der Waals surface area contributed by atoms with Gasteiger partial charge < -0.3 is 19.5 Å². The lowest BCUT2D eigenvalue weighted by Gasteiger charge is -2.14. The molecular weight excluding hydrogens is 450 g/mol. The molecule has 0 saturated carbocycles. The Balaban J connectivity index is 1.63. The van der Waals surface area contributed by atoms with Crippen LogP contribution >= 0.6 is 0 Å². The Labute approximate surface area is 203 Å². The fourth-order valence-corrected chi connectivity index (χ4v) is 3.15. The Kier molecular flexibility index (Phi) is 8.29. The van der Waals surface area contributed by atoms with Gasteiger partial charge in [-0.15, -0.1) is 0 Å². The summed E-state index contributed by atoms with van der Waals surface area (Å²) in [5.41, 5.74) is 3.82. The predicted octanol–water partition coefficient (Wildman–Crippen LogP) is 5.25. The van der Waals surface area contributed by atoms with Gasteiger partial charge in [-0.2, -0.15) is 0 Å². The van der Waals surface area contributed by atoms with E-state index in [4.69, 9.17) is 19.0 Å². The Morgan fingerprint density at radius 3 is 1.83 bits per heavy atom. The first kappa shape index (κ1) is 25.1. The van der Waals surface area contributed by atoms with Gasteiger partial charge in [-0.1, -0.05) is 35.0 Å². The first-order chi connectivity index (χ1) is 16.8. The monoisotopic (exact) mass is 477 g/mol. The van der Waals surface area contributed by atoms with Crippen LogP contribution in [0, 0.1) is 6.92 Å². The molecule has 0 aliphatic carbocycles. The standard InChI is InChI=1S/C26H27N3O6/c1-16-6-10-21(11-7-16)28-26(31)35-29-17(2)18-8-12-20(13-9-18)27-25(30)19-14-22(32-3)24(34-5)23(15-19)33-4/h6-15H,1-5H3,(H,27,30)(H,28,31)/b29-17+. The van der Waals surface area contributed by atoms with Crippen molar-refractivity contribution in [2.75, 3.05) is 32.0 Å². The molecule has 0 atom stereocenters. The number of carbonyl (C=O) groups excluding carboxylic acids is 2. The van der Waals surface area contributed by atoms with Gasteiger partial charge in [0.2, 0.25) is 5.75 Å². The number of oxime groups is 1. The van der Waals surface area contributed by atoms with Gasteiger partial charge in [-0.3, -0.25) is 14.9 Å². The van der Waals surface area contributed by atoms with Crippen molar-refractivity contribution in [3.05, 3.63) is 77.4 Å². The predicted molar refractivity (Wildman–Crippen MR) is 134 cm³/mol. The topological polar surface area (TPSA) is 107 Å². The summed E-state index contributed by atoms with van der Waals surface area (Å²) in [5.74, 6) is 0.815. The number of carbonyl (C=O) groups is 2. The second kappa shape index (κ2) is 11.6. The molecule has 3 aromatic rings. The number of hydrogen-bond donors (Lipinski definition) is 2. The van der Waals surface area contributed by atoms with E-state index in [1.165, 1.54) is 21.3 Å². The summed E-state index contributed by atoms with van der Waals surface area (Å²) in [6, 6.07) is 17.4. The molecular formula is C26H27N3O6. The molecule has 0 saturated heterocycles. The van der Waals surface area contributed by atoms with Crippen LogP contribution in [0.2, 0.25) is 0 Å². The number of hydrogen-bond acceptors (Lipinski definition) is 7. The van der Waals surface area contributed by atoms with E-state index in [9.17, 15) is 9.59 Å². The highest BCUT2D eigenvalue weighted by atomic mass is 16.7. The van der Waals surface area contributed by atoms with Crippen LogP contribution in [0.4, 0.5) is 16.2 Å². The third kappa shape index (κ3) is 6.50. The lowest BCUT2D eigenvalue weighted by molar-refractivity contribution is 0.102. The second-order valence-corrected chi connectivity index (χ2v) is 7.49. The van der Waals surface area contributed by atoms with Crippen LogP contribution < -0.4 is 24.8 Å². The van der Waals surface area contributed by atoms with Crippen molar-refractivity contribution in [1.29, 1.82) is 0 Å². The van der Waals surface area contributed by atoms with E-state index < -0.39 is 6.09 Å². The fourth-order valence-electron chi connectivity index (χ4n) is 3.15. The number of nitrogens with one attached hydrogen (secondary N) is 2. The molecule has 2 amide bonds. The summed E-state index contributed by atoms with van der Waals surface area (Å²) < 4.78 is 15.9. The smallest absolute Gasteiger partial charge is 0.437 e. The van der Waals surface area contributed by atoms with Gasteiger partial charge in [0.25, 0.3) is 5.91 Å². The minimum atomic E-state index is -0.692. The number of benzene rings is 3. The largest absolute Gasteiger partial charge is 0.493 e. The molecule has 2 N–H and O–H groups in total.